The zero-order valence-electron chi connectivity index (χ0n) is 9.29. The maximum absolute atomic E-state index is 11.0. The van der Waals surface area contributed by atoms with Crippen LogP contribution in [0.25, 0.3) is 0 Å². The van der Waals surface area contributed by atoms with E-state index in [9.17, 15) is 4.79 Å². The van der Waals surface area contributed by atoms with Gasteiger partial charge < -0.3 is 5.11 Å². The number of carboxylic acids is 1. The molecule has 0 aromatic carbocycles. The molecule has 2 aromatic rings. The molecule has 0 atom stereocenters. The Morgan fingerprint density at radius 1 is 1.33 bits per heavy atom. The number of halogens is 1. The van der Waals surface area contributed by atoms with Gasteiger partial charge in [0.2, 0.25) is 0 Å². The van der Waals surface area contributed by atoms with E-state index in [1.54, 1.807) is 19.1 Å². The van der Waals surface area contributed by atoms with Gasteiger partial charge in [0, 0.05) is 12.4 Å². The zero-order valence-corrected chi connectivity index (χ0v) is 10.9. The van der Waals surface area contributed by atoms with Crippen molar-refractivity contribution in [1.82, 2.24) is 15.0 Å². The number of rotatable bonds is 3. The van der Waals surface area contributed by atoms with Crippen LogP contribution in [0, 0.1) is 6.92 Å². The van der Waals surface area contributed by atoms with Crippen LogP contribution in [0.2, 0.25) is 5.02 Å². The molecule has 0 unspecified atom stereocenters. The molecule has 0 saturated carbocycles. The highest BCUT2D eigenvalue weighted by molar-refractivity contribution is 7.99. The van der Waals surface area contributed by atoms with Crippen LogP contribution in [-0.4, -0.2) is 26.0 Å². The van der Waals surface area contributed by atoms with Crippen molar-refractivity contribution in [2.75, 3.05) is 0 Å². The average molecular weight is 282 g/mol. The Morgan fingerprint density at radius 2 is 2.11 bits per heavy atom. The summed E-state index contributed by atoms with van der Waals surface area (Å²) in [5.74, 6) is -0.553. The molecule has 92 valence electrons. The molecular formula is C11H8ClN3O2S. The van der Waals surface area contributed by atoms with Crippen molar-refractivity contribution in [3.8, 4) is 0 Å². The molecule has 0 saturated heterocycles. The molecule has 0 fully saturated rings. The van der Waals surface area contributed by atoms with Crippen LogP contribution in [0.5, 0.6) is 0 Å². The average Bonchev–Trinajstić information content (AvgIpc) is 2.32. The molecule has 0 aliphatic carbocycles. The van der Waals surface area contributed by atoms with E-state index in [1.807, 2.05) is 0 Å². The number of carbonyl (C=O) groups is 1. The summed E-state index contributed by atoms with van der Waals surface area (Å²) in [6.45, 7) is 1.70. The second-order valence-corrected chi connectivity index (χ2v) is 4.80. The largest absolute Gasteiger partial charge is 0.478 e. The highest BCUT2D eigenvalue weighted by Gasteiger charge is 2.14. The normalized spacial score (nSPS) is 10.3. The van der Waals surface area contributed by atoms with Gasteiger partial charge in [-0.25, -0.2) is 19.7 Å². The Balaban J connectivity index is 2.35. The van der Waals surface area contributed by atoms with E-state index in [-0.39, 0.29) is 5.56 Å². The molecule has 7 heteroatoms. The minimum atomic E-state index is -1.06. The van der Waals surface area contributed by atoms with Gasteiger partial charge in [0.15, 0.2) is 0 Å². The lowest BCUT2D eigenvalue weighted by Crippen LogP contribution is -2.03. The Kier molecular flexibility index (Phi) is 3.78. The number of pyridine rings is 1. The summed E-state index contributed by atoms with van der Waals surface area (Å²) in [6, 6.07) is 3.39. The first kappa shape index (κ1) is 12.8. The van der Waals surface area contributed by atoms with Crippen molar-refractivity contribution in [2.45, 2.75) is 17.0 Å². The van der Waals surface area contributed by atoms with Crippen molar-refractivity contribution >= 4 is 29.3 Å². The maximum Gasteiger partial charge on any atom is 0.340 e. The van der Waals surface area contributed by atoms with Crippen LogP contribution in [0.3, 0.4) is 0 Å². The van der Waals surface area contributed by atoms with E-state index in [0.717, 1.165) is 11.8 Å². The molecule has 0 radical (unpaired) electrons. The molecule has 0 aliphatic heterocycles. The third kappa shape index (κ3) is 2.96. The molecule has 1 N–H and O–H groups in total. The number of aromatic carboxylic acids is 1. The van der Waals surface area contributed by atoms with E-state index in [0.29, 0.717) is 20.9 Å². The van der Waals surface area contributed by atoms with Gasteiger partial charge in [0.25, 0.3) is 0 Å². The molecule has 0 amide bonds. The van der Waals surface area contributed by atoms with Crippen molar-refractivity contribution in [3.63, 3.8) is 0 Å². The minimum absolute atomic E-state index is 0.0577. The Bertz CT molecular complexity index is 589. The number of nitrogens with zero attached hydrogens (tertiary/aromatic N) is 3. The number of aromatic nitrogens is 3. The number of hydrogen-bond acceptors (Lipinski definition) is 5. The highest BCUT2D eigenvalue weighted by Crippen LogP contribution is 2.27. The van der Waals surface area contributed by atoms with Crippen molar-refractivity contribution in [2.24, 2.45) is 0 Å². The molecule has 5 nitrogen and oxygen atoms in total. The molecule has 2 heterocycles. The van der Waals surface area contributed by atoms with Gasteiger partial charge in [-0.3, -0.25) is 0 Å². The summed E-state index contributed by atoms with van der Waals surface area (Å²) in [5, 5.41) is 10.6. The van der Waals surface area contributed by atoms with Crippen LogP contribution >= 0.6 is 23.4 Å². The summed E-state index contributed by atoms with van der Waals surface area (Å²) in [7, 11) is 0. The molecule has 0 bridgehead atoms. The van der Waals surface area contributed by atoms with Crippen LogP contribution in [-0.2, 0) is 0 Å². The van der Waals surface area contributed by atoms with E-state index in [1.165, 1.54) is 12.4 Å². The molecule has 0 spiro atoms. The van der Waals surface area contributed by atoms with Gasteiger partial charge in [0.05, 0.1) is 5.02 Å². The second-order valence-electron chi connectivity index (χ2n) is 3.36. The van der Waals surface area contributed by atoms with Gasteiger partial charge >= 0.3 is 5.97 Å². The number of hydrogen-bond donors (Lipinski definition) is 1. The molecule has 18 heavy (non-hydrogen) atoms. The predicted molar refractivity (Wildman–Crippen MR) is 67.1 cm³/mol. The Labute approximate surface area is 112 Å². The summed E-state index contributed by atoms with van der Waals surface area (Å²) in [5.41, 5.74) is 0.0577. The van der Waals surface area contributed by atoms with Crippen molar-refractivity contribution in [1.29, 1.82) is 0 Å². The summed E-state index contributed by atoms with van der Waals surface area (Å²) < 4.78 is 0. The second kappa shape index (κ2) is 5.32. The van der Waals surface area contributed by atoms with Crippen molar-refractivity contribution in [3.05, 3.63) is 40.9 Å². The van der Waals surface area contributed by atoms with Gasteiger partial charge in [-0.15, -0.1) is 0 Å². The SMILES string of the molecule is Cc1ncc(C(=O)O)c(Sc2ccc(Cl)cn2)n1. The third-order valence-corrected chi connectivity index (χ3v) is 3.18. The van der Waals surface area contributed by atoms with E-state index in [4.69, 9.17) is 16.7 Å². The first-order chi connectivity index (χ1) is 8.56. The topological polar surface area (TPSA) is 76.0 Å². The summed E-state index contributed by atoms with van der Waals surface area (Å²) in [4.78, 5) is 23.1. The Morgan fingerprint density at radius 3 is 2.72 bits per heavy atom. The van der Waals surface area contributed by atoms with E-state index >= 15 is 0 Å². The monoisotopic (exact) mass is 281 g/mol. The smallest absolute Gasteiger partial charge is 0.340 e. The van der Waals surface area contributed by atoms with Crippen molar-refractivity contribution < 1.29 is 9.90 Å². The predicted octanol–water partition coefficient (Wildman–Crippen LogP) is 2.68. The highest BCUT2D eigenvalue weighted by atomic mass is 35.5. The van der Waals surface area contributed by atoms with Gasteiger partial charge in [0.1, 0.15) is 21.4 Å². The zero-order chi connectivity index (χ0) is 13.1. The fourth-order valence-corrected chi connectivity index (χ4v) is 2.17. The molecule has 2 aromatic heterocycles. The maximum atomic E-state index is 11.0. The molecule has 0 aliphatic rings. The van der Waals surface area contributed by atoms with Crippen LogP contribution < -0.4 is 0 Å². The lowest BCUT2D eigenvalue weighted by atomic mass is 10.3. The molecular weight excluding hydrogens is 274 g/mol. The van der Waals surface area contributed by atoms with Crippen LogP contribution in [0.4, 0.5) is 0 Å². The lowest BCUT2D eigenvalue weighted by Gasteiger charge is -2.04. The number of aryl methyl sites for hydroxylation is 1. The first-order valence-electron chi connectivity index (χ1n) is 4.92. The fraction of sp³-hybridized carbons (Fsp3) is 0.0909. The minimum Gasteiger partial charge on any atom is -0.478 e. The number of carboxylic acid groups (broad SMARTS) is 1. The van der Waals surface area contributed by atoms with Crippen LogP contribution in [0.15, 0.2) is 34.6 Å². The third-order valence-electron chi connectivity index (χ3n) is 2.01. The standard InChI is InChI=1S/C11H8ClN3O2S/c1-6-13-5-8(11(16)17)10(15-6)18-9-3-2-7(12)4-14-9/h2-5H,1H3,(H,16,17). The van der Waals surface area contributed by atoms with E-state index in [2.05, 4.69) is 15.0 Å². The van der Waals surface area contributed by atoms with Gasteiger partial charge in [-0.05, 0) is 30.8 Å². The quantitative estimate of drug-likeness (QED) is 0.872. The van der Waals surface area contributed by atoms with Crippen LogP contribution in [0.1, 0.15) is 16.2 Å². The molecule has 2 rings (SSSR count). The Hall–Kier alpha value is -1.66. The fourth-order valence-electron chi connectivity index (χ4n) is 1.20. The summed E-state index contributed by atoms with van der Waals surface area (Å²) in [6.07, 6.45) is 2.79. The lowest BCUT2D eigenvalue weighted by molar-refractivity contribution is 0.0691. The van der Waals surface area contributed by atoms with Gasteiger partial charge in [-0.1, -0.05) is 11.6 Å². The summed E-state index contributed by atoms with van der Waals surface area (Å²) >= 11 is 6.89. The first-order valence-corrected chi connectivity index (χ1v) is 6.12. The van der Waals surface area contributed by atoms with Gasteiger partial charge in [-0.2, -0.15) is 0 Å². The van der Waals surface area contributed by atoms with E-state index < -0.39 is 5.97 Å².